The number of hydrogen-bond acceptors (Lipinski definition) is 4. The maximum Gasteiger partial charge on any atom is 0.414 e. The molecule has 3 rings (SSSR count). The second kappa shape index (κ2) is 7.41. The van der Waals surface area contributed by atoms with Gasteiger partial charge in [0.05, 0.1) is 22.3 Å². The Morgan fingerprint density at radius 3 is 2.57 bits per heavy atom. The number of carbonyl (C=O) groups excluding carboxylic acids is 1. The minimum Gasteiger partial charge on any atom is -0.443 e. The fourth-order valence-electron chi connectivity index (χ4n) is 2.77. The van der Waals surface area contributed by atoms with E-state index in [-0.39, 0.29) is 10.3 Å². The predicted molar refractivity (Wildman–Crippen MR) is 114 cm³/mol. The molecule has 0 atom stereocenters. The van der Waals surface area contributed by atoms with E-state index in [1.807, 2.05) is 0 Å². The summed E-state index contributed by atoms with van der Waals surface area (Å²) in [6, 6.07) is 11.9. The zero-order valence-corrected chi connectivity index (χ0v) is 17.5. The number of benzene rings is 2. The van der Waals surface area contributed by atoms with Crippen molar-refractivity contribution in [2.75, 3.05) is 11.9 Å². The summed E-state index contributed by atoms with van der Waals surface area (Å²) in [4.78, 5) is 30.0. The zero-order valence-electron chi connectivity index (χ0n) is 15.9. The molecule has 0 aliphatic rings. The molecule has 0 saturated heterocycles. The number of hydrogen-bond donors (Lipinski definition) is 1. The summed E-state index contributed by atoms with van der Waals surface area (Å²) in [6.07, 6.45) is -0.532. The molecular weight excluding hydrogens is 398 g/mol. The van der Waals surface area contributed by atoms with Gasteiger partial charge in [0.1, 0.15) is 5.60 Å². The first-order valence-corrected chi connectivity index (χ1v) is 9.38. The van der Waals surface area contributed by atoms with Gasteiger partial charge in [-0.1, -0.05) is 23.7 Å². The smallest absolute Gasteiger partial charge is 0.414 e. The van der Waals surface area contributed by atoms with Crippen molar-refractivity contribution in [3.8, 4) is 5.69 Å². The van der Waals surface area contributed by atoms with E-state index in [9.17, 15) is 9.59 Å². The summed E-state index contributed by atoms with van der Waals surface area (Å²) in [7, 11) is 1.59. The second-order valence-electron chi connectivity index (χ2n) is 7.29. The van der Waals surface area contributed by atoms with E-state index >= 15 is 0 Å². The molecule has 2 aromatic carbocycles. The first kappa shape index (κ1) is 20.1. The topological polar surface area (TPSA) is 67.3 Å². The molecule has 0 aliphatic carbocycles. The summed E-state index contributed by atoms with van der Waals surface area (Å²) in [5.41, 5.74) is 0.568. The molecule has 1 heterocycles. The quantitative estimate of drug-likeness (QED) is 0.591. The Morgan fingerprint density at radius 2 is 1.89 bits per heavy atom. The van der Waals surface area contributed by atoms with Crippen molar-refractivity contribution in [3.63, 3.8) is 0 Å². The fraction of sp³-hybridized carbons (Fsp3) is 0.250. The molecule has 1 amide bonds. The van der Waals surface area contributed by atoms with Gasteiger partial charge < -0.3 is 9.72 Å². The number of aromatic nitrogens is 2. The first-order valence-electron chi connectivity index (χ1n) is 8.59. The molecule has 0 aliphatic heterocycles. The third-order valence-electron chi connectivity index (χ3n) is 4.01. The van der Waals surface area contributed by atoms with E-state index < -0.39 is 11.7 Å². The predicted octanol–water partition coefficient (Wildman–Crippen LogP) is 5.07. The molecule has 1 N–H and O–H groups in total. The summed E-state index contributed by atoms with van der Waals surface area (Å²) in [5, 5.41) is 0.938. The van der Waals surface area contributed by atoms with Crippen LogP contribution in [0.1, 0.15) is 20.8 Å². The van der Waals surface area contributed by atoms with Crippen LogP contribution in [0.5, 0.6) is 0 Å². The maximum atomic E-state index is 13.1. The van der Waals surface area contributed by atoms with E-state index in [1.54, 1.807) is 70.3 Å². The van der Waals surface area contributed by atoms with Crippen LogP contribution < -0.4 is 10.5 Å². The molecule has 0 spiro atoms. The molecular formula is C20H20ClN3O3S. The molecule has 146 valence electrons. The Kier molecular flexibility index (Phi) is 5.32. The first-order chi connectivity index (χ1) is 13.1. The number of carbonyl (C=O) groups is 1. The molecule has 8 heteroatoms. The number of para-hydroxylation sites is 2. The van der Waals surface area contributed by atoms with Crippen LogP contribution in [-0.2, 0) is 4.74 Å². The Bertz CT molecular complexity index is 1180. The number of nitrogens with one attached hydrogen (secondary N) is 1. The van der Waals surface area contributed by atoms with Crippen LogP contribution in [0.4, 0.5) is 10.5 Å². The number of H-pyrrole nitrogens is 1. The van der Waals surface area contributed by atoms with Gasteiger partial charge in [-0.25, -0.2) is 4.79 Å². The lowest BCUT2D eigenvalue weighted by molar-refractivity contribution is 0.0589. The average molecular weight is 418 g/mol. The SMILES string of the molecule is CN(C(=O)OC(C)(C)C)c1ccccc1-n1c(=S)[nH]c2cc(Cl)ccc2c1=O. The summed E-state index contributed by atoms with van der Waals surface area (Å²) >= 11 is 11.4. The fourth-order valence-corrected chi connectivity index (χ4v) is 3.24. The zero-order chi connectivity index (χ0) is 20.6. The lowest BCUT2D eigenvalue weighted by Crippen LogP contribution is -2.35. The molecule has 0 bridgehead atoms. The van der Waals surface area contributed by atoms with E-state index in [0.29, 0.717) is 27.3 Å². The highest BCUT2D eigenvalue weighted by Crippen LogP contribution is 2.25. The Balaban J connectivity index is 2.19. The molecule has 0 saturated carbocycles. The van der Waals surface area contributed by atoms with Gasteiger partial charge in [-0.3, -0.25) is 14.3 Å². The number of amides is 1. The normalized spacial score (nSPS) is 11.5. The number of aromatic amines is 1. The second-order valence-corrected chi connectivity index (χ2v) is 8.11. The number of fused-ring (bicyclic) bond motifs is 1. The van der Waals surface area contributed by atoms with Gasteiger partial charge in [0, 0.05) is 12.1 Å². The van der Waals surface area contributed by atoms with Crippen LogP contribution in [0.3, 0.4) is 0 Å². The monoisotopic (exact) mass is 417 g/mol. The van der Waals surface area contributed by atoms with Crippen LogP contribution in [0.15, 0.2) is 47.3 Å². The van der Waals surface area contributed by atoms with E-state index in [2.05, 4.69) is 4.98 Å². The van der Waals surface area contributed by atoms with E-state index in [0.717, 1.165) is 0 Å². The third-order valence-corrected chi connectivity index (χ3v) is 4.53. The third kappa shape index (κ3) is 3.95. The van der Waals surface area contributed by atoms with Gasteiger partial charge in [0.2, 0.25) is 0 Å². The number of halogens is 1. The van der Waals surface area contributed by atoms with Crippen molar-refractivity contribution < 1.29 is 9.53 Å². The minimum absolute atomic E-state index is 0.199. The summed E-state index contributed by atoms with van der Waals surface area (Å²) < 4.78 is 7.00. The van der Waals surface area contributed by atoms with Gasteiger partial charge in [0.15, 0.2) is 4.77 Å². The van der Waals surface area contributed by atoms with Gasteiger partial charge in [-0.2, -0.15) is 0 Å². The summed E-state index contributed by atoms with van der Waals surface area (Å²) in [5.74, 6) is 0. The molecule has 3 aromatic rings. The number of nitrogens with zero attached hydrogens (tertiary/aromatic N) is 2. The van der Waals surface area contributed by atoms with Gasteiger partial charge in [0.25, 0.3) is 5.56 Å². The molecule has 6 nitrogen and oxygen atoms in total. The molecule has 0 fully saturated rings. The van der Waals surface area contributed by atoms with Crippen LogP contribution in [0.2, 0.25) is 5.02 Å². The maximum absolute atomic E-state index is 13.1. The van der Waals surface area contributed by atoms with Crippen molar-refractivity contribution in [1.29, 1.82) is 0 Å². The largest absolute Gasteiger partial charge is 0.443 e. The Hall–Kier alpha value is -2.64. The minimum atomic E-state index is -0.643. The number of rotatable bonds is 2. The Morgan fingerprint density at radius 1 is 1.21 bits per heavy atom. The van der Waals surface area contributed by atoms with Crippen LogP contribution in [-0.4, -0.2) is 28.3 Å². The highest BCUT2D eigenvalue weighted by molar-refractivity contribution is 7.71. The lowest BCUT2D eigenvalue weighted by Gasteiger charge is -2.26. The molecule has 28 heavy (non-hydrogen) atoms. The number of anilines is 1. The summed E-state index contributed by atoms with van der Waals surface area (Å²) in [6.45, 7) is 5.37. The van der Waals surface area contributed by atoms with Crippen molar-refractivity contribution >= 4 is 46.5 Å². The number of ether oxygens (including phenoxy) is 1. The van der Waals surface area contributed by atoms with E-state index in [4.69, 9.17) is 28.6 Å². The highest BCUT2D eigenvalue weighted by Gasteiger charge is 2.23. The van der Waals surface area contributed by atoms with Crippen LogP contribution in [0, 0.1) is 4.77 Å². The van der Waals surface area contributed by atoms with Crippen molar-refractivity contribution in [3.05, 3.63) is 62.6 Å². The average Bonchev–Trinajstić information content (AvgIpc) is 2.59. The van der Waals surface area contributed by atoms with Crippen LogP contribution in [0.25, 0.3) is 16.6 Å². The van der Waals surface area contributed by atoms with Gasteiger partial charge in [-0.05, 0) is 63.3 Å². The van der Waals surface area contributed by atoms with Crippen molar-refractivity contribution in [2.24, 2.45) is 0 Å². The van der Waals surface area contributed by atoms with Gasteiger partial charge in [-0.15, -0.1) is 0 Å². The van der Waals surface area contributed by atoms with Crippen molar-refractivity contribution in [1.82, 2.24) is 9.55 Å². The molecule has 0 radical (unpaired) electrons. The van der Waals surface area contributed by atoms with Crippen molar-refractivity contribution in [2.45, 2.75) is 26.4 Å². The van der Waals surface area contributed by atoms with Gasteiger partial charge >= 0.3 is 6.09 Å². The van der Waals surface area contributed by atoms with Crippen LogP contribution >= 0.6 is 23.8 Å². The van der Waals surface area contributed by atoms with E-state index in [1.165, 1.54) is 9.47 Å². The Labute approximate surface area is 172 Å². The molecule has 0 unspecified atom stereocenters. The highest BCUT2D eigenvalue weighted by atomic mass is 35.5. The lowest BCUT2D eigenvalue weighted by atomic mass is 10.2. The standard InChI is InChI=1S/C20H20ClN3O3S/c1-20(2,3)27-19(26)23(4)15-7-5-6-8-16(15)24-17(25)13-10-9-12(21)11-14(13)22-18(24)28/h5-11H,1-4H3,(H,22,28). The molecule has 1 aromatic heterocycles.